The fourth-order valence-electron chi connectivity index (χ4n) is 1.92. The molecule has 0 saturated heterocycles. The van der Waals surface area contributed by atoms with E-state index in [1.165, 1.54) is 0 Å². The predicted octanol–water partition coefficient (Wildman–Crippen LogP) is 3.38. The number of anilines is 1. The molecule has 0 saturated carbocycles. The minimum Gasteiger partial charge on any atom is -0.464 e. The van der Waals surface area contributed by atoms with Crippen molar-refractivity contribution in [2.24, 2.45) is 0 Å². The molecule has 0 aliphatic rings. The van der Waals surface area contributed by atoms with Crippen LogP contribution in [0.2, 0.25) is 0 Å². The van der Waals surface area contributed by atoms with Crippen LogP contribution >= 0.6 is 15.9 Å². The molecular weight excluding hydrogens is 334 g/mol. The molecule has 0 bridgehead atoms. The topological polar surface area (TPSA) is 56.1 Å². The maximum absolute atomic E-state index is 12.2. The Morgan fingerprint density at radius 1 is 1.38 bits per heavy atom. The number of rotatable bonds is 6. The number of aromatic nitrogens is 2. The van der Waals surface area contributed by atoms with Gasteiger partial charge in [0.1, 0.15) is 0 Å². The van der Waals surface area contributed by atoms with Gasteiger partial charge in [0.05, 0.1) is 12.8 Å². The van der Waals surface area contributed by atoms with Gasteiger partial charge in [0.15, 0.2) is 6.04 Å². The van der Waals surface area contributed by atoms with E-state index in [0.717, 1.165) is 22.3 Å². The van der Waals surface area contributed by atoms with Crippen LogP contribution in [0.25, 0.3) is 0 Å². The number of ether oxygens (including phenoxy) is 1. The number of esters is 1. The van der Waals surface area contributed by atoms with E-state index in [1.54, 1.807) is 17.8 Å². The first-order valence-electron chi connectivity index (χ1n) is 6.85. The van der Waals surface area contributed by atoms with Gasteiger partial charge in [-0.1, -0.05) is 15.9 Å². The first-order chi connectivity index (χ1) is 10.1. The molecule has 5 nitrogen and oxygen atoms in total. The van der Waals surface area contributed by atoms with Crippen LogP contribution in [0.15, 0.2) is 41.1 Å². The Kier molecular flexibility index (Phi) is 5.38. The molecule has 6 heteroatoms. The molecule has 0 spiro atoms. The van der Waals surface area contributed by atoms with Gasteiger partial charge in [-0.3, -0.25) is 4.68 Å². The zero-order chi connectivity index (χ0) is 15.2. The summed E-state index contributed by atoms with van der Waals surface area (Å²) in [5.41, 5.74) is 1.64. The van der Waals surface area contributed by atoms with Gasteiger partial charge in [0.25, 0.3) is 0 Å². The Morgan fingerprint density at radius 2 is 2.10 bits per heavy atom. The van der Waals surface area contributed by atoms with Crippen LogP contribution in [0.4, 0.5) is 5.69 Å². The quantitative estimate of drug-likeness (QED) is 0.810. The Morgan fingerprint density at radius 3 is 2.67 bits per heavy atom. The molecule has 2 aromatic rings. The second kappa shape index (κ2) is 7.26. The van der Waals surface area contributed by atoms with Gasteiger partial charge in [-0.2, -0.15) is 5.10 Å². The lowest BCUT2D eigenvalue weighted by Gasteiger charge is -2.17. The third kappa shape index (κ3) is 4.07. The summed E-state index contributed by atoms with van der Waals surface area (Å²) < 4.78 is 7.92. The zero-order valence-electron chi connectivity index (χ0n) is 12.0. The molecule has 0 radical (unpaired) electrons. The van der Waals surface area contributed by atoms with E-state index in [1.807, 2.05) is 37.4 Å². The van der Waals surface area contributed by atoms with Gasteiger partial charge >= 0.3 is 5.97 Å². The summed E-state index contributed by atoms with van der Waals surface area (Å²) >= 11 is 3.39. The maximum atomic E-state index is 12.2. The van der Waals surface area contributed by atoms with E-state index in [-0.39, 0.29) is 5.97 Å². The van der Waals surface area contributed by atoms with E-state index in [2.05, 4.69) is 26.3 Å². The zero-order valence-corrected chi connectivity index (χ0v) is 13.6. The van der Waals surface area contributed by atoms with Gasteiger partial charge in [0, 0.05) is 28.5 Å². The number of nitrogens with zero attached hydrogens (tertiary/aromatic N) is 2. The highest BCUT2D eigenvalue weighted by Crippen LogP contribution is 2.22. The molecule has 0 fully saturated rings. The summed E-state index contributed by atoms with van der Waals surface area (Å²) in [7, 11) is 0. The second-order valence-electron chi connectivity index (χ2n) is 4.47. The Labute approximate surface area is 132 Å². The van der Waals surface area contributed by atoms with Crippen LogP contribution in [0.5, 0.6) is 0 Å². The lowest BCUT2D eigenvalue weighted by atomic mass is 10.1. The van der Waals surface area contributed by atoms with Crippen molar-refractivity contribution >= 4 is 27.6 Å². The fraction of sp³-hybridized carbons (Fsp3) is 0.333. The van der Waals surface area contributed by atoms with Crippen LogP contribution in [-0.2, 0) is 16.1 Å². The molecule has 0 aliphatic carbocycles. The molecule has 21 heavy (non-hydrogen) atoms. The third-order valence-corrected chi connectivity index (χ3v) is 3.52. The number of halogens is 1. The Balaban J connectivity index is 2.23. The molecule has 112 valence electrons. The van der Waals surface area contributed by atoms with Crippen LogP contribution in [0.3, 0.4) is 0 Å². The van der Waals surface area contributed by atoms with Crippen LogP contribution in [-0.4, -0.2) is 22.4 Å². The molecule has 1 aromatic heterocycles. The summed E-state index contributed by atoms with van der Waals surface area (Å²) in [5, 5.41) is 7.41. The first-order valence-corrected chi connectivity index (χ1v) is 7.64. The fourth-order valence-corrected chi connectivity index (χ4v) is 2.18. The van der Waals surface area contributed by atoms with Gasteiger partial charge in [-0.25, -0.2) is 4.79 Å². The predicted molar refractivity (Wildman–Crippen MR) is 85.0 cm³/mol. The molecule has 1 heterocycles. The monoisotopic (exact) mass is 351 g/mol. The highest BCUT2D eigenvalue weighted by molar-refractivity contribution is 9.10. The van der Waals surface area contributed by atoms with Gasteiger partial charge in [-0.05, 0) is 38.1 Å². The highest BCUT2D eigenvalue weighted by Gasteiger charge is 2.23. The molecule has 2 rings (SSSR count). The van der Waals surface area contributed by atoms with Crippen molar-refractivity contribution in [1.82, 2.24) is 9.78 Å². The number of benzene rings is 1. The average molecular weight is 352 g/mol. The van der Waals surface area contributed by atoms with E-state index in [9.17, 15) is 4.79 Å². The molecular formula is C15H18BrN3O2. The number of hydrogen-bond donors (Lipinski definition) is 1. The summed E-state index contributed by atoms with van der Waals surface area (Å²) in [6.45, 7) is 4.90. The number of hydrogen-bond acceptors (Lipinski definition) is 4. The van der Waals surface area contributed by atoms with Crippen molar-refractivity contribution in [3.8, 4) is 0 Å². The highest BCUT2D eigenvalue weighted by atomic mass is 79.9. The molecule has 1 N–H and O–H groups in total. The van der Waals surface area contributed by atoms with Crippen molar-refractivity contribution in [3.05, 3.63) is 46.7 Å². The van der Waals surface area contributed by atoms with Crippen molar-refractivity contribution in [2.75, 3.05) is 11.9 Å². The largest absolute Gasteiger partial charge is 0.464 e. The number of nitrogens with one attached hydrogen (secondary N) is 1. The maximum Gasteiger partial charge on any atom is 0.333 e. The SMILES string of the molecule is CCOC(=O)C(Nc1ccc(Br)cc1)c1cnn(CC)c1. The summed E-state index contributed by atoms with van der Waals surface area (Å²) in [6, 6.07) is 7.08. The molecule has 1 atom stereocenters. The average Bonchev–Trinajstić information content (AvgIpc) is 2.95. The van der Waals surface area contributed by atoms with Gasteiger partial charge in [0.2, 0.25) is 0 Å². The van der Waals surface area contributed by atoms with Crippen molar-refractivity contribution in [3.63, 3.8) is 0 Å². The number of aryl methyl sites for hydroxylation is 1. The first kappa shape index (κ1) is 15.6. The summed E-state index contributed by atoms with van der Waals surface area (Å²) in [4.78, 5) is 12.2. The smallest absolute Gasteiger partial charge is 0.333 e. The lowest BCUT2D eigenvalue weighted by Crippen LogP contribution is -2.23. The van der Waals surface area contributed by atoms with Gasteiger partial charge < -0.3 is 10.1 Å². The normalized spacial score (nSPS) is 12.0. The third-order valence-electron chi connectivity index (χ3n) is 2.99. The Bertz CT molecular complexity index is 595. The van der Waals surface area contributed by atoms with Crippen LogP contribution < -0.4 is 5.32 Å². The molecule has 0 amide bonds. The van der Waals surface area contributed by atoms with Crippen LogP contribution in [0.1, 0.15) is 25.5 Å². The minimum absolute atomic E-state index is 0.309. The van der Waals surface area contributed by atoms with E-state index < -0.39 is 6.04 Å². The minimum atomic E-state index is -0.563. The number of carbonyl (C=O) groups is 1. The number of carbonyl (C=O) groups excluding carboxylic acids is 1. The lowest BCUT2D eigenvalue weighted by molar-refractivity contribution is -0.144. The summed E-state index contributed by atoms with van der Waals surface area (Å²) in [5.74, 6) is -0.309. The van der Waals surface area contributed by atoms with Crippen molar-refractivity contribution in [1.29, 1.82) is 0 Å². The van der Waals surface area contributed by atoms with E-state index >= 15 is 0 Å². The molecule has 0 aliphatic heterocycles. The van der Waals surface area contributed by atoms with Gasteiger partial charge in [-0.15, -0.1) is 0 Å². The second-order valence-corrected chi connectivity index (χ2v) is 5.38. The molecule has 1 aromatic carbocycles. The summed E-state index contributed by atoms with van der Waals surface area (Å²) in [6.07, 6.45) is 3.55. The van der Waals surface area contributed by atoms with Crippen molar-refractivity contribution < 1.29 is 9.53 Å². The van der Waals surface area contributed by atoms with E-state index in [0.29, 0.717) is 6.61 Å². The molecule has 1 unspecified atom stereocenters. The van der Waals surface area contributed by atoms with Crippen molar-refractivity contribution in [2.45, 2.75) is 26.4 Å². The Hall–Kier alpha value is -1.82. The van der Waals surface area contributed by atoms with Crippen LogP contribution in [0, 0.1) is 0 Å². The van der Waals surface area contributed by atoms with E-state index in [4.69, 9.17) is 4.74 Å². The standard InChI is InChI=1S/C15H18BrN3O2/c1-3-19-10-11(9-17-19)14(15(20)21-4-2)18-13-7-5-12(16)6-8-13/h5-10,14,18H,3-4H2,1-2H3.